The molecule has 2 aromatic carbocycles. The first-order valence-corrected chi connectivity index (χ1v) is 10.4. The monoisotopic (exact) mass is 407 g/mol. The third-order valence-corrected chi connectivity index (χ3v) is 5.76. The number of amides is 1. The summed E-state index contributed by atoms with van der Waals surface area (Å²) >= 11 is 1.26. The highest BCUT2D eigenvalue weighted by Gasteiger charge is 2.15. The van der Waals surface area contributed by atoms with Crippen molar-refractivity contribution in [2.45, 2.75) is 31.6 Å². The lowest BCUT2D eigenvalue weighted by Crippen LogP contribution is -2.29. The summed E-state index contributed by atoms with van der Waals surface area (Å²) in [7, 11) is 0. The van der Waals surface area contributed by atoms with E-state index in [1.807, 2.05) is 56.3 Å². The number of aromatic nitrogens is 2. The van der Waals surface area contributed by atoms with Crippen LogP contribution in [-0.2, 0) is 11.3 Å². The molecular weight excluding hydrogens is 386 g/mol. The van der Waals surface area contributed by atoms with Crippen LogP contribution in [0.25, 0.3) is 21.7 Å². The second kappa shape index (κ2) is 8.13. The van der Waals surface area contributed by atoms with Crippen LogP contribution >= 0.6 is 11.8 Å². The van der Waals surface area contributed by atoms with Crippen LogP contribution in [0, 0.1) is 0 Å². The number of furan rings is 1. The van der Waals surface area contributed by atoms with E-state index in [0.717, 1.165) is 10.8 Å². The van der Waals surface area contributed by atoms with E-state index in [1.165, 1.54) is 11.8 Å². The zero-order chi connectivity index (χ0) is 20.4. The average Bonchev–Trinajstić information content (AvgIpc) is 3.26. The van der Waals surface area contributed by atoms with Crippen LogP contribution in [0.15, 0.2) is 69.2 Å². The minimum absolute atomic E-state index is 0.0879. The summed E-state index contributed by atoms with van der Waals surface area (Å²) in [6.07, 6.45) is 1.58. The molecule has 0 fully saturated rings. The van der Waals surface area contributed by atoms with Gasteiger partial charge in [0.2, 0.25) is 5.91 Å². The predicted molar refractivity (Wildman–Crippen MR) is 115 cm³/mol. The van der Waals surface area contributed by atoms with Gasteiger partial charge < -0.3 is 9.73 Å². The lowest BCUT2D eigenvalue weighted by molar-refractivity contribution is -0.119. The van der Waals surface area contributed by atoms with E-state index in [1.54, 1.807) is 16.9 Å². The molecule has 1 amide bonds. The van der Waals surface area contributed by atoms with Gasteiger partial charge >= 0.3 is 0 Å². The standard InChI is InChI=1S/C22H21N3O3S/c1-3-25-21(27)17-11-15-7-4-5-8-16(15)12-18(17)24-22(25)29-13-20(26)23-14(2)19-9-6-10-28-19/h4-12,14H,3,13H2,1-2H3,(H,23,26)/t14-/m0/s1. The summed E-state index contributed by atoms with van der Waals surface area (Å²) in [6, 6.07) is 15.1. The number of thioether (sulfide) groups is 1. The van der Waals surface area contributed by atoms with Gasteiger partial charge in [-0.3, -0.25) is 14.2 Å². The molecular formula is C22H21N3O3S. The zero-order valence-electron chi connectivity index (χ0n) is 16.2. The Balaban J connectivity index is 1.60. The minimum Gasteiger partial charge on any atom is -0.467 e. The van der Waals surface area contributed by atoms with E-state index in [-0.39, 0.29) is 23.3 Å². The largest absolute Gasteiger partial charge is 0.467 e. The molecule has 2 aromatic heterocycles. The Bertz CT molecular complexity index is 1230. The van der Waals surface area contributed by atoms with Crippen LogP contribution in [0.3, 0.4) is 0 Å². The Morgan fingerprint density at radius 2 is 1.97 bits per heavy atom. The molecule has 0 aliphatic carbocycles. The molecule has 0 aliphatic rings. The van der Waals surface area contributed by atoms with E-state index in [2.05, 4.69) is 10.3 Å². The number of benzene rings is 2. The molecule has 2 heterocycles. The van der Waals surface area contributed by atoms with Crippen LogP contribution < -0.4 is 10.9 Å². The number of rotatable bonds is 6. The first-order chi connectivity index (χ1) is 14.1. The van der Waals surface area contributed by atoms with Crippen LogP contribution in [0.2, 0.25) is 0 Å². The third kappa shape index (κ3) is 3.91. The van der Waals surface area contributed by atoms with Crippen LogP contribution in [0.4, 0.5) is 0 Å². The van der Waals surface area contributed by atoms with E-state index in [4.69, 9.17) is 4.42 Å². The van der Waals surface area contributed by atoms with Gasteiger partial charge in [-0.15, -0.1) is 0 Å². The summed E-state index contributed by atoms with van der Waals surface area (Å²) in [4.78, 5) is 30.0. The van der Waals surface area contributed by atoms with Crippen LogP contribution in [-0.4, -0.2) is 21.2 Å². The summed E-state index contributed by atoms with van der Waals surface area (Å²) in [6.45, 7) is 4.25. The van der Waals surface area contributed by atoms with Crippen molar-refractivity contribution in [2.24, 2.45) is 0 Å². The normalized spacial score (nSPS) is 12.3. The van der Waals surface area contributed by atoms with E-state index < -0.39 is 0 Å². The molecule has 0 aliphatic heterocycles. The first-order valence-electron chi connectivity index (χ1n) is 9.45. The second-order valence-corrected chi connectivity index (χ2v) is 7.70. The fourth-order valence-corrected chi connectivity index (χ4v) is 4.17. The van der Waals surface area contributed by atoms with Crippen molar-refractivity contribution in [1.29, 1.82) is 0 Å². The number of nitrogens with zero attached hydrogens (tertiary/aromatic N) is 2. The fourth-order valence-electron chi connectivity index (χ4n) is 3.30. The van der Waals surface area contributed by atoms with Crippen molar-refractivity contribution in [3.8, 4) is 0 Å². The van der Waals surface area contributed by atoms with Crippen molar-refractivity contribution >= 4 is 39.3 Å². The minimum atomic E-state index is -0.220. The van der Waals surface area contributed by atoms with E-state index in [0.29, 0.717) is 28.4 Å². The highest BCUT2D eigenvalue weighted by Crippen LogP contribution is 2.23. The fraction of sp³-hybridized carbons (Fsp3) is 0.227. The van der Waals surface area contributed by atoms with Gasteiger partial charge in [0.1, 0.15) is 5.76 Å². The summed E-state index contributed by atoms with van der Waals surface area (Å²) in [5, 5.41) is 6.07. The van der Waals surface area contributed by atoms with Gasteiger partial charge in [-0.05, 0) is 48.9 Å². The van der Waals surface area contributed by atoms with Crippen molar-refractivity contribution < 1.29 is 9.21 Å². The molecule has 1 atom stereocenters. The SMILES string of the molecule is CCn1c(SCC(=O)N[C@@H](C)c2ccco2)nc2cc3ccccc3cc2c1=O. The zero-order valence-corrected chi connectivity index (χ0v) is 17.0. The van der Waals surface area contributed by atoms with Crippen molar-refractivity contribution in [1.82, 2.24) is 14.9 Å². The highest BCUT2D eigenvalue weighted by atomic mass is 32.2. The molecule has 1 N–H and O–H groups in total. The van der Waals surface area contributed by atoms with Crippen molar-refractivity contribution in [3.63, 3.8) is 0 Å². The van der Waals surface area contributed by atoms with E-state index in [9.17, 15) is 9.59 Å². The maximum Gasteiger partial charge on any atom is 0.262 e. The van der Waals surface area contributed by atoms with Crippen molar-refractivity contribution in [2.75, 3.05) is 5.75 Å². The van der Waals surface area contributed by atoms with Gasteiger partial charge in [-0.2, -0.15) is 0 Å². The topological polar surface area (TPSA) is 77.1 Å². The molecule has 4 rings (SSSR count). The van der Waals surface area contributed by atoms with Crippen LogP contribution in [0.1, 0.15) is 25.6 Å². The first kappa shape index (κ1) is 19.3. The van der Waals surface area contributed by atoms with Gasteiger partial charge in [-0.1, -0.05) is 36.0 Å². The molecule has 0 unspecified atom stereocenters. The second-order valence-electron chi connectivity index (χ2n) is 6.75. The maximum absolute atomic E-state index is 13.0. The molecule has 7 heteroatoms. The maximum atomic E-state index is 13.0. The van der Waals surface area contributed by atoms with Gasteiger partial charge in [0.05, 0.1) is 29.0 Å². The highest BCUT2D eigenvalue weighted by molar-refractivity contribution is 7.99. The Hall–Kier alpha value is -3.06. The molecule has 29 heavy (non-hydrogen) atoms. The van der Waals surface area contributed by atoms with Gasteiger partial charge in [0.15, 0.2) is 5.16 Å². The molecule has 0 radical (unpaired) electrons. The van der Waals surface area contributed by atoms with E-state index >= 15 is 0 Å². The molecule has 0 saturated heterocycles. The molecule has 0 saturated carbocycles. The van der Waals surface area contributed by atoms with Gasteiger partial charge in [0, 0.05) is 6.54 Å². The molecule has 4 aromatic rings. The Kier molecular flexibility index (Phi) is 5.40. The molecule has 0 spiro atoms. The number of carbonyl (C=O) groups is 1. The number of carbonyl (C=O) groups excluding carboxylic acids is 1. The van der Waals surface area contributed by atoms with Crippen LogP contribution in [0.5, 0.6) is 0 Å². The Morgan fingerprint density at radius 1 is 1.21 bits per heavy atom. The van der Waals surface area contributed by atoms with Gasteiger partial charge in [-0.25, -0.2) is 4.98 Å². The summed E-state index contributed by atoms with van der Waals surface area (Å²) in [5.41, 5.74) is 0.556. The molecule has 148 valence electrons. The number of nitrogens with one attached hydrogen (secondary N) is 1. The Labute approximate surface area is 171 Å². The number of fused-ring (bicyclic) bond motifs is 2. The summed E-state index contributed by atoms with van der Waals surface area (Å²) in [5.74, 6) is 0.718. The molecule has 6 nitrogen and oxygen atoms in total. The number of hydrogen-bond acceptors (Lipinski definition) is 5. The predicted octanol–water partition coefficient (Wildman–Crippen LogP) is 4.13. The third-order valence-electron chi connectivity index (χ3n) is 4.78. The van der Waals surface area contributed by atoms with Crippen molar-refractivity contribution in [3.05, 3.63) is 70.9 Å². The summed E-state index contributed by atoms with van der Waals surface area (Å²) < 4.78 is 6.93. The van der Waals surface area contributed by atoms with Gasteiger partial charge in [0.25, 0.3) is 5.56 Å². The molecule has 0 bridgehead atoms. The average molecular weight is 407 g/mol. The number of hydrogen-bond donors (Lipinski definition) is 1. The quantitative estimate of drug-likeness (QED) is 0.295. The lowest BCUT2D eigenvalue weighted by Gasteiger charge is -2.13. The lowest BCUT2D eigenvalue weighted by atomic mass is 10.1. The smallest absolute Gasteiger partial charge is 0.262 e. The Morgan fingerprint density at radius 3 is 2.66 bits per heavy atom.